The number of carbonyl (C=O) groups excluding carboxylic acids is 1. The Kier molecular flexibility index (Phi) is 5.76. The summed E-state index contributed by atoms with van der Waals surface area (Å²) in [6, 6.07) is 7.87. The zero-order valence-corrected chi connectivity index (χ0v) is 16.2. The van der Waals surface area contributed by atoms with Crippen molar-refractivity contribution in [2.45, 2.75) is 37.2 Å². The minimum atomic E-state index is -3.80. The van der Waals surface area contributed by atoms with Crippen LogP contribution in [0.1, 0.15) is 24.0 Å². The molecule has 1 aliphatic rings. The lowest BCUT2D eigenvalue weighted by Crippen LogP contribution is -2.45. The summed E-state index contributed by atoms with van der Waals surface area (Å²) in [5, 5.41) is 2.82. The van der Waals surface area contributed by atoms with E-state index in [-0.39, 0.29) is 10.8 Å². The van der Waals surface area contributed by atoms with Gasteiger partial charge in [0.1, 0.15) is 11.8 Å². The fraction of sp³-hybridized carbons (Fsp3) is 0.368. The van der Waals surface area contributed by atoms with Gasteiger partial charge >= 0.3 is 0 Å². The number of hydrogen-bond acceptors (Lipinski definition) is 5. The molecule has 7 nitrogen and oxygen atoms in total. The molecule has 1 amide bonds. The van der Waals surface area contributed by atoms with E-state index in [9.17, 15) is 13.2 Å². The zero-order valence-electron chi connectivity index (χ0n) is 15.4. The summed E-state index contributed by atoms with van der Waals surface area (Å²) in [6.07, 6.45) is 4.48. The van der Waals surface area contributed by atoms with Crippen molar-refractivity contribution in [1.82, 2.24) is 14.6 Å². The van der Waals surface area contributed by atoms with Gasteiger partial charge in [-0.3, -0.25) is 9.78 Å². The normalized spacial score (nSPS) is 17.6. The van der Waals surface area contributed by atoms with Crippen LogP contribution in [0.3, 0.4) is 0 Å². The second-order valence-corrected chi connectivity index (χ2v) is 8.34. The van der Waals surface area contributed by atoms with Gasteiger partial charge in [0.2, 0.25) is 15.9 Å². The Bertz CT molecular complexity index is 916. The van der Waals surface area contributed by atoms with Crippen LogP contribution in [-0.2, 0) is 21.4 Å². The Morgan fingerprint density at radius 3 is 2.89 bits per heavy atom. The van der Waals surface area contributed by atoms with E-state index in [0.717, 1.165) is 5.56 Å². The molecule has 1 aromatic heterocycles. The molecule has 0 saturated carbocycles. The molecule has 0 radical (unpaired) electrons. The van der Waals surface area contributed by atoms with E-state index in [2.05, 4.69) is 10.3 Å². The molecule has 1 aliphatic heterocycles. The summed E-state index contributed by atoms with van der Waals surface area (Å²) >= 11 is 0. The van der Waals surface area contributed by atoms with Gasteiger partial charge in [0.05, 0.1) is 12.0 Å². The van der Waals surface area contributed by atoms with E-state index in [4.69, 9.17) is 4.74 Å². The maximum absolute atomic E-state index is 13.2. The lowest BCUT2D eigenvalue weighted by atomic mass is 10.2. The number of amides is 1. The average Bonchev–Trinajstić information content (AvgIpc) is 3.18. The number of aromatic nitrogens is 1. The van der Waals surface area contributed by atoms with Crippen LogP contribution in [0.2, 0.25) is 0 Å². The first-order valence-electron chi connectivity index (χ1n) is 8.76. The first-order valence-corrected chi connectivity index (χ1v) is 10.2. The van der Waals surface area contributed by atoms with E-state index in [0.29, 0.717) is 37.2 Å². The Balaban J connectivity index is 1.79. The van der Waals surface area contributed by atoms with Gasteiger partial charge in [0, 0.05) is 31.5 Å². The van der Waals surface area contributed by atoms with Gasteiger partial charge < -0.3 is 10.1 Å². The summed E-state index contributed by atoms with van der Waals surface area (Å²) in [4.78, 5) is 16.8. The highest BCUT2D eigenvalue weighted by Crippen LogP contribution is 2.30. The standard InChI is InChI=1S/C19H23N3O4S/c1-14-7-8-16(26-2)11-18(14)27(24,25)22-10-4-6-17(22)19(23)21-13-15-5-3-9-20-12-15/h3,5,7-9,11-12,17H,4,6,10,13H2,1-2H3,(H,21,23)/t17-/m1/s1. The average molecular weight is 389 g/mol. The van der Waals surface area contributed by atoms with E-state index in [1.54, 1.807) is 37.5 Å². The maximum Gasteiger partial charge on any atom is 0.244 e. The van der Waals surface area contributed by atoms with Crippen molar-refractivity contribution in [3.05, 3.63) is 53.9 Å². The number of benzene rings is 1. The third-order valence-electron chi connectivity index (χ3n) is 4.68. The number of nitrogens with one attached hydrogen (secondary N) is 1. The van der Waals surface area contributed by atoms with Crippen LogP contribution < -0.4 is 10.1 Å². The summed E-state index contributed by atoms with van der Waals surface area (Å²) < 4.78 is 32.8. The minimum Gasteiger partial charge on any atom is -0.497 e. The molecule has 27 heavy (non-hydrogen) atoms. The number of sulfonamides is 1. The quantitative estimate of drug-likeness (QED) is 0.815. The van der Waals surface area contributed by atoms with Crippen molar-refractivity contribution < 1.29 is 17.9 Å². The molecule has 1 N–H and O–H groups in total. The predicted molar refractivity (Wildman–Crippen MR) is 101 cm³/mol. The molecule has 2 heterocycles. The fourth-order valence-electron chi connectivity index (χ4n) is 3.21. The third kappa shape index (κ3) is 4.12. The highest BCUT2D eigenvalue weighted by atomic mass is 32.2. The lowest BCUT2D eigenvalue weighted by molar-refractivity contribution is -0.124. The number of pyridine rings is 1. The Morgan fingerprint density at radius 2 is 2.19 bits per heavy atom. The number of aryl methyl sites for hydroxylation is 1. The second kappa shape index (κ2) is 8.06. The highest BCUT2D eigenvalue weighted by Gasteiger charge is 2.40. The SMILES string of the molecule is COc1ccc(C)c(S(=O)(=O)N2CCC[C@@H]2C(=O)NCc2cccnc2)c1. The Hall–Kier alpha value is -2.45. The minimum absolute atomic E-state index is 0.175. The number of carbonyl (C=O) groups is 1. The largest absolute Gasteiger partial charge is 0.497 e. The van der Waals surface area contributed by atoms with Crippen LogP contribution in [-0.4, -0.2) is 43.3 Å². The molecule has 8 heteroatoms. The zero-order chi connectivity index (χ0) is 19.4. The monoisotopic (exact) mass is 389 g/mol. The first-order chi connectivity index (χ1) is 12.9. The van der Waals surface area contributed by atoms with Crippen LogP contribution in [0.5, 0.6) is 5.75 Å². The van der Waals surface area contributed by atoms with Gasteiger partial charge in [0.15, 0.2) is 0 Å². The van der Waals surface area contributed by atoms with Gasteiger partial charge in [0.25, 0.3) is 0 Å². The van der Waals surface area contributed by atoms with Crippen molar-refractivity contribution in [2.75, 3.05) is 13.7 Å². The molecule has 3 rings (SSSR count). The molecule has 1 atom stereocenters. The smallest absolute Gasteiger partial charge is 0.244 e. The Morgan fingerprint density at radius 1 is 1.37 bits per heavy atom. The van der Waals surface area contributed by atoms with Crippen LogP contribution in [0.4, 0.5) is 0 Å². The van der Waals surface area contributed by atoms with Crippen LogP contribution in [0.15, 0.2) is 47.6 Å². The van der Waals surface area contributed by atoms with Gasteiger partial charge in [-0.25, -0.2) is 8.42 Å². The molecule has 1 saturated heterocycles. The van der Waals surface area contributed by atoms with Crippen LogP contribution in [0, 0.1) is 6.92 Å². The van der Waals surface area contributed by atoms with E-state index < -0.39 is 16.1 Å². The molecule has 2 aromatic rings. The summed E-state index contributed by atoms with van der Waals surface area (Å²) in [5.74, 6) is 0.177. The third-order valence-corrected chi connectivity index (χ3v) is 6.73. The molecular formula is C19H23N3O4S. The highest BCUT2D eigenvalue weighted by molar-refractivity contribution is 7.89. The van der Waals surface area contributed by atoms with Crippen molar-refractivity contribution in [2.24, 2.45) is 0 Å². The van der Waals surface area contributed by atoms with Crippen LogP contribution >= 0.6 is 0 Å². The van der Waals surface area contributed by atoms with E-state index in [1.807, 2.05) is 6.07 Å². The summed E-state index contributed by atoms with van der Waals surface area (Å²) in [6.45, 7) is 2.37. The number of ether oxygens (including phenoxy) is 1. The molecule has 1 aromatic carbocycles. The number of nitrogens with zero attached hydrogens (tertiary/aromatic N) is 2. The van der Waals surface area contributed by atoms with Crippen molar-refractivity contribution >= 4 is 15.9 Å². The fourth-order valence-corrected chi connectivity index (χ4v) is 5.11. The maximum atomic E-state index is 13.2. The molecule has 1 fully saturated rings. The van der Waals surface area contributed by atoms with Crippen molar-refractivity contribution in [3.8, 4) is 5.75 Å². The Labute approximate surface area is 159 Å². The summed E-state index contributed by atoms with van der Waals surface area (Å²) in [5.41, 5.74) is 1.49. The lowest BCUT2D eigenvalue weighted by Gasteiger charge is -2.24. The molecule has 0 spiro atoms. The summed E-state index contributed by atoms with van der Waals surface area (Å²) in [7, 11) is -2.31. The van der Waals surface area contributed by atoms with Gasteiger partial charge in [-0.1, -0.05) is 12.1 Å². The van der Waals surface area contributed by atoms with Gasteiger partial charge in [-0.2, -0.15) is 4.31 Å². The molecule has 0 aliphatic carbocycles. The number of methoxy groups -OCH3 is 1. The number of rotatable bonds is 6. The van der Waals surface area contributed by atoms with E-state index >= 15 is 0 Å². The second-order valence-electron chi connectivity index (χ2n) is 6.48. The predicted octanol–water partition coefficient (Wildman–Crippen LogP) is 1.87. The molecular weight excluding hydrogens is 366 g/mol. The van der Waals surface area contributed by atoms with Gasteiger partial charge in [-0.05, 0) is 43.0 Å². The van der Waals surface area contributed by atoms with Gasteiger partial charge in [-0.15, -0.1) is 0 Å². The van der Waals surface area contributed by atoms with E-state index in [1.165, 1.54) is 17.5 Å². The molecule has 0 bridgehead atoms. The topological polar surface area (TPSA) is 88.6 Å². The molecule has 144 valence electrons. The number of hydrogen-bond donors (Lipinski definition) is 1. The first kappa shape index (κ1) is 19.3. The van der Waals surface area contributed by atoms with Crippen molar-refractivity contribution in [3.63, 3.8) is 0 Å². The van der Waals surface area contributed by atoms with Crippen molar-refractivity contribution in [1.29, 1.82) is 0 Å². The van der Waals surface area contributed by atoms with Crippen LogP contribution in [0.25, 0.3) is 0 Å². The molecule has 0 unspecified atom stereocenters.